The largest absolute Gasteiger partial charge is 0.435 e. The lowest BCUT2D eigenvalue weighted by Crippen LogP contribution is -2.20. The molecular weight excluding hydrogens is 384 g/mol. The summed E-state index contributed by atoms with van der Waals surface area (Å²) in [5, 5.41) is 3.21. The second kappa shape index (κ2) is 8.88. The van der Waals surface area contributed by atoms with Crippen LogP contribution in [0.25, 0.3) is 16.9 Å². The second-order valence-electron chi connectivity index (χ2n) is 5.96. The van der Waals surface area contributed by atoms with Gasteiger partial charge in [-0.3, -0.25) is 9.36 Å². The number of ether oxygens (including phenoxy) is 1. The number of amides is 1. The van der Waals surface area contributed by atoms with Crippen molar-refractivity contribution >= 4 is 17.7 Å². The Balaban J connectivity index is 2.00. The molecule has 1 N–H and O–H groups in total. The standard InChI is InChI=1S/C20H19F2N3O2S/c1-13-3-5-14(6-4-13)17-11-24-20(28-12-18(26)23-2)25(17)15-7-9-16(10-8-15)27-19(21)22/h3-11,19H,12H2,1-2H3,(H,23,26). The van der Waals surface area contributed by atoms with Gasteiger partial charge in [-0.05, 0) is 31.2 Å². The molecule has 146 valence electrons. The number of carbonyl (C=O) groups is 1. The second-order valence-corrected chi connectivity index (χ2v) is 6.90. The maximum absolute atomic E-state index is 12.4. The van der Waals surface area contributed by atoms with Gasteiger partial charge in [-0.1, -0.05) is 41.6 Å². The lowest BCUT2D eigenvalue weighted by molar-refractivity contribution is -0.118. The van der Waals surface area contributed by atoms with Gasteiger partial charge in [-0.25, -0.2) is 4.98 Å². The van der Waals surface area contributed by atoms with Gasteiger partial charge in [0.15, 0.2) is 5.16 Å². The van der Waals surface area contributed by atoms with Crippen molar-refractivity contribution in [2.24, 2.45) is 0 Å². The molecule has 3 aromatic rings. The lowest BCUT2D eigenvalue weighted by atomic mass is 10.1. The average Bonchev–Trinajstić information content (AvgIpc) is 3.10. The van der Waals surface area contributed by atoms with E-state index in [1.807, 2.05) is 35.8 Å². The third-order valence-corrected chi connectivity index (χ3v) is 4.96. The molecule has 0 bridgehead atoms. The van der Waals surface area contributed by atoms with E-state index >= 15 is 0 Å². The molecule has 1 aromatic heterocycles. The number of benzene rings is 2. The lowest BCUT2D eigenvalue weighted by Gasteiger charge is -2.13. The number of aryl methyl sites for hydroxylation is 1. The SMILES string of the molecule is CNC(=O)CSc1ncc(-c2ccc(C)cc2)n1-c1ccc(OC(F)F)cc1. The molecule has 0 unspecified atom stereocenters. The fraction of sp³-hybridized carbons (Fsp3) is 0.200. The molecule has 28 heavy (non-hydrogen) atoms. The number of alkyl halides is 2. The topological polar surface area (TPSA) is 56.2 Å². The van der Waals surface area contributed by atoms with Gasteiger partial charge in [0, 0.05) is 18.3 Å². The maximum atomic E-state index is 12.4. The van der Waals surface area contributed by atoms with Crippen molar-refractivity contribution in [1.82, 2.24) is 14.9 Å². The van der Waals surface area contributed by atoms with Crippen LogP contribution in [0.2, 0.25) is 0 Å². The van der Waals surface area contributed by atoms with Gasteiger partial charge >= 0.3 is 6.61 Å². The van der Waals surface area contributed by atoms with E-state index in [2.05, 4.69) is 15.0 Å². The van der Waals surface area contributed by atoms with Gasteiger partial charge in [0.25, 0.3) is 0 Å². The Kier molecular flexibility index (Phi) is 6.30. The summed E-state index contributed by atoms with van der Waals surface area (Å²) in [6, 6.07) is 14.3. The van der Waals surface area contributed by atoms with Crippen molar-refractivity contribution in [3.63, 3.8) is 0 Å². The number of imidazole rings is 1. The molecule has 5 nitrogen and oxygen atoms in total. The maximum Gasteiger partial charge on any atom is 0.387 e. The van der Waals surface area contributed by atoms with E-state index in [0.717, 1.165) is 22.5 Å². The number of nitrogens with one attached hydrogen (secondary N) is 1. The molecule has 0 aliphatic carbocycles. The van der Waals surface area contributed by atoms with Crippen LogP contribution in [-0.4, -0.2) is 34.9 Å². The molecular formula is C20H19F2N3O2S. The van der Waals surface area contributed by atoms with E-state index in [0.29, 0.717) is 5.16 Å². The summed E-state index contributed by atoms with van der Waals surface area (Å²) in [5.74, 6) is 0.181. The van der Waals surface area contributed by atoms with Crippen molar-refractivity contribution in [2.75, 3.05) is 12.8 Å². The molecule has 2 aromatic carbocycles. The summed E-state index contributed by atoms with van der Waals surface area (Å²) in [7, 11) is 1.58. The number of thioether (sulfide) groups is 1. The van der Waals surface area contributed by atoms with Crippen LogP contribution in [0, 0.1) is 6.92 Å². The number of rotatable bonds is 7. The first-order chi connectivity index (χ1) is 13.5. The molecule has 1 heterocycles. The molecule has 0 fully saturated rings. The molecule has 0 radical (unpaired) electrons. The average molecular weight is 403 g/mol. The van der Waals surface area contributed by atoms with E-state index < -0.39 is 6.61 Å². The van der Waals surface area contributed by atoms with Crippen LogP contribution in [0.1, 0.15) is 5.56 Å². The highest BCUT2D eigenvalue weighted by Crippen LogP contribution is 2.31. The van der Waals surface area contributed by atoms with Crippen molar-refractivity contribution in [3.8, 4) is 22.7 Å². The van der Waals surface area contributed by atoms with E-state index in [9.17, 15) is 13.6 Å². The molecule has 0 saturated heterocycles. The quantitative estimate of drug-likeness (QED) is 0.598. The molecule has 1 amide bonds. The molecule has 0 aliphatic heterocycles. The van der Waals surface area contributed by atoms with E-state index in [1.54, 1.807) is 25.4 Å². The summed E-state index contributed by atoms with van der Waals surface area (Å²) in [4.78, 5) is 16.1. The zero-order valence-electron chi connectivity index (χ0n) is 15.4. The van der Waals surface area contributed by atoms with Gasteiger partial charge in [0.1, 0.15) is 5.75 Å². The summed E-state index contributed by atoms with van der Waals surface area (Å²) in [5.41, 5.74) is 3.66. The minimum Gasteiger partial charge on any atom is -0.435 e. The Labute approximate surface area is 165 Å². The van der Waals surface area contributed by atoms with Gasteiger partial charge in [-0.2, -0.15) is 8.78 Å². The Morgan fingerprint density at radius 1 is 1.18 bits per heavy atom. The van der Waals surface area contributed by atoms with Crippen molar-refractivity contribution in [3.05, 3.63) is 60.3 Å². The molecule has 0 aliphatic rings. The van der Waals surface area contributed by atoms with E-state index in [4.69, 9.17) is 0 Å². The summed E-state index contributed by atoms with van der Waals surface area (Å²) >= 11 is 1.30. The first-order valence-electron chi connectivity index (χ1n) is 8.51. The third kappa shape index (κ3) is 4.69. The monoisotopic (exact) mass is 403 g/mol. The zero-order valence-corrected chi connectivity index (χ0v) is 16.2. The van der Waals surface area contributed by atoms with Crippen LogP contribution < -0.4 is 10.1 Å². The summed E-state index contributed by atoms with van der Waals surface area (Å²) in [6.07, 6.45) is 1.74. The Morgan fingerprint density at radius 2 is 1.86 bits per heavy atom. The van der Waals surface area contributed by atoms with Gasteiger partial charge < -0.3 is 10.1 Å². The van der Waals surface area contributed by atoms with Crippen LogP contribution >= 0.6 is 11.8 Å². The number of nitrogens with zero attached hydrogens (tertiary/aromatic N) is 2. The number of hydrogen-bond acceptors (Lipinski definition) is 4. The van der Waals surface area contributed by atoms with Crippen LogP contribution in [0.15, 0.2) is 59.9 Å². The van der Waals surface area contributed by atoms with Crippen LogP contribution in [0.3, 0.4) is 0 Å². The normalized spacial score (nSPS) is 10.9. The number of halogens is 2. The minimum atomic E-state index is -2.87. The van der Waals surface area contributed by atoms with Gasteiger partial charge in [-0.15, -0.1) is 0 Å². The highest BCUT2D eigenvalue weighted by atomic mass is 32.2. The third-order valence-electron chi connectivity index (χ3n) is 4.01. The number of hydrogen-bond donors (Lipinski definition) is 1. The number of carbonyl (C=O) groups excluding carboxylic acids is 1. The van der Waals surface area contributed by atoms with Crippen molar-refractivity contribution < 1.29 is 18.3 Å². The predicted molar refractivity (Wildman–Crippen MR) is 105 cm³/mol. The fourth-order valence-corrected chi connectivity index (χ4v) is 3.46. The first kappa shape index (κ1) is 19.9. The number of aromatic nitrogens is 2. The smallest absolute Gasteiger partial charge is 0.387 e. The molecule has 0 atom stereocenters. The van der Waals surface area contributed by atoms with Gasteiger partial charge in [0.2, 0.25) is 5.91 Å². The molecule has 8 heteroatoms. The molecule has 3 rings (SSSR count). The van der Waals surface area contributed by atoms with Crippen molar-refractivity contribution in [2.45, 2.75) is 18.7 Å². The van der Waals surface area contributed by atoms with Crippen LogP contribution in [-0.2, 0) is 4.79 Å². The van der Waals surface area contributed by atoms with Gasteiger partial charge in [0.05, 0.1) is 17.6 Å². The Morgan fingerprint density at radius 3 is 2.46 bits per heavy atom. The summed E-state index contributed by atoms with van der Waals surface area (Å²) in [6.45, 7) is -0.867. The highest BCUT2D eigenvalue weighted by Gasteiger charge is 2.16. The van der Waals surface area contributed by atoms with E-state index in [-0.39, 0.29) is 17.4 Å². The fourth-order valence-electron chi connectivity index (χ4n) is 2.59. The van der Waals surface area contributed by atoms with E-state index in [1.165, 1.54) is 23.9 Å². The molecule has 0 spiro atoms. The minimum absolute atomic E-state index is 0.0790. The zero-order chi connectivity index (χ0) is 20.1. The Hall–Kier alpha value is -2.87. The van der Waals surface area contributed by atoms with Crippen LogP contribution in [0.4, 0.5) is 8.78 Å². The first-order valence-corrected chi connectivity index (χ1v) is 9.50. The molecule has 0 saturated carbocycles. The summed E-state index contributed by atoms with van der Waals surface area (Å²) < 4.78 is 31.1. The van der Waals surface area contributed by atoms with Crippen molar-refractivity contribution in [1.29, 1.82) is 0 Å². The highest BCUT2D eigenvalue weighted by molar-refractivity contribution is 7.99. The van der Waals surface area contributed by atoms with Crippen LogP contribution in [0.5, 0.6) is 5.75 Å². The predicted octanol–water partition coefficient (Wildman–Crippen LogP) is 4.29. The Bertz CT molecular complexity index is 941.